The first-order valence-electron chi connectivity index (χ1n) is 11.9. The Morgan fingerprint density at radius 2 is 1.74 bits per heavy atom. The van der Waals surface area contributed by atoms with Crippen molar-refractivity contribution in [1.29, 1.82) is 0 Å². The van der Waals surface area contributed by atoms with Gasteiger partial charge >= 0.3 is 0 Å². The molecular weight excluding hydrogens is 384 g/mol. The molecule has 3 saturated carbocycles. The van der Waals surface area contributed by atoms with Crippen LogP contribution in [0.2, 0.25) is 0 Å². The van der Waals surface area contributed by atoms with Gasteiger partial charge in [0.2, 0.25) is 0 Å². The fourth-order valence-electron chi connectivity index (χ4n) is 8.34. The highest BCUT2D eigenvalue weighted by atomic mass is 16.3. The lowest BCUT2D eigenvalue weighted by molar-refractivity contribution is -0.192. The molecule has 0 aliphatic heterocycles. The van der Waals surface area contributed by atoms with E-state index >= 15 is 0 Å². The van der Waals surface area contributed by atoms with Gasteiger partial charge < -0.3 is 5.11 Å². The molecule has 0 heterocycles. The van der Waals surface area contributed by atoms with Crippen molar-refractivity contribution in [3.8, 4) is 0 Å². The zero-order valence-electron chi connectivity index (χ0n) is 19.8. The molecule has 7 atom stereocenters. The van der Waals surface area contributed by atoms with Gasteiger partial charge in [-0.1, -0.05) is 52.3 Å². The second kappa shape index (κ2) is 6.19. The molecule has 1 N–H and O–H groups in total. The van der Waals surface area contributed by atoms with Crippen molar-refractivity contribution >= 4 is 11.6 Å². The molecule has 3 nitrogen and oxygen atoms in total. The Bertz CT molecular complexity index is 1020. The van der Waals surface area contributed by atoms with Gasteiger partial charge in [-0.15, -0.1) is 0 Å². The lowest BCUT2D eigenvalue weighted by atomic mass is 9.35. The van der Waals surface area contributed by atoms with Gasteiger partial charge in [0.25, 0.3) is 0 Å². The van der Waals surface area contributed by atoms with Crippen LogP contribution in [0.1, 0.15) is 73.6 Å². The van der Waals surface area contributed by atoms with Gasteiger partial charge in [-0.25, -0.2) is 0 Å². The van der Waals surface area contributed by atoms with Gasteiger partial charge in [0.1, 0.15) is 6.10 Å². The van der Waals surface area contributed by atoms with Gasteiger partial charge in [-0.3, -0.25) is 9.59 Å². The molecule has 3 fully saturated rings. The summed E-state index contributed by atoms with van der Waals surface area (Å²) in [5.74, 6) is 0.216. The number of carbonyl (C=O) groups is 2. The molecule has 0 aromatic rings. The van der Waals surface area contributed by atoms with Crippen molar-refractivity contribution in [2.75, 3.05) is 0 Å². The minimum absolute atomic E-state index is 0.00285. The topological polar surface area (TPSA) is 54.4 Å². The minimum Gasteiger partial charge on any atom is -0.385 e. The Morgan fingerprint density at radius 1 is 1.03 bits per heavy atom. The normalized spacial score (nSPS) is 48.9. The van der Waals surface area contributed by atoms with Gasteiger partial charge in [-0.05, 0) is 78.6 Å². The van der Waals surface area contributed by atoms with Crippen molar-refractivity contribution < 1.29 is 14.7 Å². The maximum absolute atomic E-state index is 12.7. The molecule has 1 radical (unpaired) electrons. The molecule has 7 unspecified atom stereocenters. The van der Waals surface area contributed by atoms with Crippen LogP contribution in [0.4, 0.5) is 0 Å². The maximum Gasteiger partial charge on any atom is 0.187 e. The van der Waals surface area contributed by atoms with Crippen LogP contribution in [0.5, 0.6) is 0 Å². The highest BCUT2D eigenvalue weighted by Gasteiger charge is 2.68. The van der Waals surface area contributed by atoms with E-state index in [9.17, 15) is 14.7 Å². The van der Waals surface area contributed by atoms with Crippen molar-refractivity contribution in [2.45, 2.75) is 79.8 Å². The summed E-state index contributed by atoms with van der Waals surface area (Å²) in [6.07, 6.45) is 13.2. The van der Waals surface area contributed by atoms with E-state index < -0.39 is 6.10 Å². The highest BCUT2D eigenvalue weighted by Crippen LogP contribution is 2.74. The summed E-state index contributed by atoms with van der Waals surface area (Å²) in [7, 11) is 0. The minimum atomic E-state index is -0.857. The number of rotatable bonds is 0. The number of hydrogen-bond acceptors (Lipinski definition) is 3. The molecule has 5 aliphatic rings. The number of hydrogen-bond donors (Lipinski definition) is 1. The van der Waals surface area contributed by atoms with Crippen LogP contribution in [0.25, 0.3) is 0 Å². The second-order valence-electron chi connectivity index (χ2n) is 11.9. The summed E-state index contributed by atoms with van der Waals surface area (Å²) in [5.41, 5.74) is 4.16. The molecular formula is C28H35O3. The van der Waals surface area contributed by atoms with Gasteiger partial charge in [-0.2, -0.15) is 0 Å². The molecule has 0 aromatic carbocycles. The van der Waals surface area contributed by atoms with Crippen molar-refractivity contribution in [2.24, 2.45) is 33.5 Å². The van der Waals surface area contributed by atoms with Crippen LogP contribution in [0.3, 0.4) is 0 Å². The lowest BCUT2D eigenvalue weighted by Gasteiger charge is -2.69. The molecule has 5 rings (SSSR count). The predicted octanol–water partition coefficient (Wildman–Crippen LogP) is 5.31. The standard InChI is InChI=1S/C28H35O3/c1-16-13-18(29)15-20-19(16)7-8-21-25(20,3)9-11-28(6)22-14-17(2)23(30)24(31)26(22,4)10-12-27(21,28)5/h7-8,15,17,22,24,31H,9-12,14H2,1-6H3. The third-order valence-electron chi connectivity index (χ3n) is 10.6. The first-order valence-corrected chi connectivity index (χ1v) is 11.9. The number of aliphatic hydroxyl groups excluding tert-OH is 1. The van der Waals surface area contributed by atoms with E-state index in [4.69, 9.17) is 0 Å². The lowest BCUT2D eigenvalue weighted by Crippen LogP contribution is -2.65. The SMILES string of the molecule is CC1=[C]C(=O)C=C2C1=CC=C1C2(C)CCC2(C)C3CC(C)C(=O)C(O)C3(C)CCC12C. The Morgan fingerprint density at radius 3 is 2.45 bits per heavy atom. The average Bonchev–Trinajstić information content (AvgIpc) is 2.71. The molecule has 5 aliphatic carbocycles. The van der Waals surface area contributed by atoms with Crippen molar-refractivity contribution in [1.82, 2.24) is 0 Å². The fraction of sp³-hybridized carbons (Fsp3) is 0.643. The van der Waals surface area contributed by atoms with E-state index in [1.54, 1.807) is 0 Å². The number of aliphatic hydroxyl groups is 1. The number of fused-ring (bicyclic) bond motifs is 7. The molecule has 0 amide bonds. The second-order valence-corrected chi connectivity index (χ2v) is 11.9. The summed E-state index contributed by atoms with van der Waals surface area (Å²) in [4.78, 5) is 25.1. The van der Waals surface area contributed by atoms with Gasteiger partial charge in [0, 0.05) is 22.8 Å². The summed E-state index contributed by atoms with van der Waals surface area (Å²) < 4.78 is 0. The van der Waals surface area contributed by atoms with Crippen LogP contribution in [0.15, 0.2) is 40.5 Å². The van der Waals surface area contributed by atoms with E-state index in [1.165, 1.54) is 5.57 Å². The quantitative estimate of drug-likeness (QED) is 0.579. The third-order valence-corrected chi connectivity index (χ3v) is 10.6. The Balaban J connectivity index is 1.65. The summed E-state index contributed by atoms with van der Waals surface area (Å²) in [6, 6.07) is 0. The van der Waals surface area contributed by atoms with Crippen molar-refractivity contribution in [3.63, 3.8) is 0 Å². The average molecular weight is 420 g/mol. The largest absolute Gasteiger partial charge is 0.385 e. The van der Waals surface area contributed by atoms with Gasteiger partial charge in [0.15, 0.2) is 11.6 Å². The maximum atomic E-state index is 12.7. The molecule has 0 aromatic heterocycles. The zero-order valence-corrected chi connectivity index (χ0v) is 19.8. The monoisotopic (exact) mass is 419 g/mol. The van der Waals surface area contributed by atoms with E-state index in [2.05, 4.69) is 45.9 Å². The molecule has 31 heavy (non-hydrogen) atoms. The summed E-state index contributed by atoms with van der Waals surface area (Å²) in [5, 5.41) is 11.1. The molecule has 165 valence electrons. The number of ketones is 2. The van der Waals surface area contributed by atoms with Crippen LogP contribution in [0, 0.1) is 39.6 Å². The Hall–Kier alpha value is -1.74. The van der Waals surface area contributed by atoms with Crippen LogP contribution < -0.4 is 0 Å². The Labute approximate surface area is 186 Å². The number of Topliss-reactive ketones (excluding diaryl/α,β-unsaturated/α-hetero) is 1. The van der Waals surface area contributed by atoms with Gasteiger partial charge in [0.05, 0.1) is 0 Å². The van der Waals surface area contributed by atoms with Crippen LogP contribution in [-0.2, 0) is 9.59 Å². The van der Waals surface area contributed by atoms with Crippen LogP contribution >= 0.6 is 0 Å². The predicted molar refractivity (Wildman–Crippen MR) is 121 cm³/mol. The molecule has 3 heteroatoms. The molecule has 0 spiro atoms. The first kappa shape index (κ1) is 21.1. The summed E-state index contributed by atoms with van der Waals surface area (Å²) >= 11 is 0. The fourth-order valence-corrected chi connectivity index (χ4v) is 8.34. The molecule has 0 bridgehead atoms. The smallest absolute Gasteiger partial charge is 0.187 e. The summed E-state index contributed by atoms with van der Waals surface area (Å²) in [6.45, 7) is 13.3. The Kier molecular flexibility index (Phi) is 4.22. The van der Waals surface area contributed by atoms with E-state index in [-0.39, 0.29) is 39.1 Å². The van der Waals surface area contributed by atoms with E-state index in [0.717, 1.165) is 48.8 Å². The van der Waals surface area contributed by atoms with Crippen molar-refractivity contribution in [3.05, 3.63) is 46.6 Å². The first-order chi connectivity index (χ1) is 14.4. The molecule has 0 saturated heterocycles. The number of carbonyl (C=O) groups excluding carboxylic acids is 2. The van der Waals surface area contributed by atoms with E-state index in [0.29, 0.717) is 5.92 Å². The van der Waals surface area contributed by atoms with Crippen LogP contribution in [-0.4, -0.2) is 22.8 Å². The van der Waals surface area contributed by atoms with E-state index in [1.807, 2.05) is 19.9 Å². The number of allylic oxidation sites excluding steroid dienone is 8. The zero-order chi connectivity index (χ0) is 22.6. The highest BCUT2D eigenvalue weighted by molar-refractivity contribution is 6.00. The third kappa shape index (κ3) is 2.39.